The van der Waals surface area contributed by atoms with Crippen LogP contribution in [0.1, 0.15) is 25.1 Å². The maximum Gasteiger partial charge on any atom is 0.260 e. The standard InChI is InChI=1S/C12H24N4O3S/c1-5-13-7-11-10(3)15-16-12(11)20(17,18)14-6-9(2)8-19-4/h9,13-14H,5-8H2,1-4H3,(H,15,16). The molecule has 0 aliphatic heterocycles. The van der Waals surface area contributed by atoms with Crippen LogP contribution in [0.5, 0.6) is 0 Å². The summed E-state index contributed by atoms with van der Waals surface area (Å²) in [6.45, 7) is 7.77. The van der Waals surface area contributed by atoms with E-state index in [2.05, 4.69) is 20.2 Å². The molecule has 0 spiro atoms. The molecule has 116 valence electrons. The van der Waals surface area contributed by atoms with E-state index in [0.29, 0.717) is 25.3 Å². The Kier molecular flexibility index (Phi) is 6.60. The van der Waals surface area contributed by atoms with E-state index in [1.54, 1.807) is 7.11 Å². The van der Waals surface area contributed by atoms with Crippen LogP contribution in [-0.2, 0) is 21.3 Å². The molecule has 0 aliphatic carbocycles. The topological polar surface area (TPSA) is 96.1 Å². The average molecular weight is 304 g/mol. The number of nitrogens with zero attached hydrogens (tertiary/aromatic N) is 1. The summed E-state index contributed by atoms with van der Waals surface area (Å²) in [5.41, 5.74) is 1.44. The molecular weight excluding hydrogens is 280 g/mol. The van der Waals surface area contributed by atoms with Crippen LogP contribution in [-0.4, -0.2) is 45.4 Å². The van der Waals surface area contributed by atoms with E-state index in [-0.39, 0.29) is 10.9 Å². The molecule has 8 heteroatoms. The van der Waals surface area contributed by atoms with E-state index < -0.39 is 10.0 Å². The Morgan fingerprint density at radius 1 is 1.45 bits per heavy atom. The minimum Gasteiger partial charge on any atom is -0.384 e. The Labute approximate surface area is 120 Å². The maximum absolute atomic E-state index is 12.3. The van der Waals surface area contributed by atoms with Crippen molar-refractivity contribution < 1.29 is 13.2 Å². The average Bonchev–Trinajstić information content (AvgIpc) is 2.76. The highest BCUT2D eigenvalue weighted by Gasteiger charge is 2.23. The molecule has 0 radical (unpaired) electrons. The fraction of sp³-hybridized carbons (Fsp3) is 0.750. The van der Waals surface area contributed by atoms with Crippen molar-refractivity contribution in [3.05, 3.63) is 11.3 Å². The summed E-state index contributed by atoms with van der Waals surface area (Å²) in [5, 5.41) is 9.84. The molecule has 1 aromatic heterocycles. The van der Waals surface area contributed by atoms with Gasteiger partial charge in [0.1, 0.15) is 0 Å². The highest BCUT2D eigenvalue weighted by Crippen LogP contribution is 2.16. The number of sulfonamides is 1. The normalized spacial score (nSPS) is 13.6. The lowest BCUT2D eigenvalue weighted by molar-refractivity contribution is 0.161. The number of hydrogen-bond acceptors (Lipinski definition) is 5. The van der Waals surface area contributed by atoms with Crippen molar-refractivity contribution in [2.24, 2.45) is 5.92 Å². The molecule has 0 bridgehead atoms. The van der Waals surface area contributed by atoms with E-state index in [1.807, 2.05) is 20.8 Å². The number of H-pyrrole nitrogens is 1. The highest BCUT2D eigenvalue weighted by atomic mass is 32.2. The second kappa shape index (κ2) is 7.72. The molecule has 0 fully saturated rings. The predicted molar refractivity (Wildman–Crippen MR) is 76.9 cm³/mol. The van der Waals surface area contributed by atoms with Gasteiger partial charge in [-0.1, -0.05) is 13.8 Å². The number of aromatic amines is 1. The van der Waals surface area contributed by atoms with E-state index in [4.69, 9.17) is 4.74 Å². The summed E-state index contributed by atoms with van der Waals surface area (Å²) in [7, 11) is -2.01. The van der Waals surface area contributed by atoms with Crippen molar-refractivity contribution in [2.75, 3.05) is 26.8 Å². The van der Waals surface area contributed by atoms with Crippen molar-refractivity contribution in [1.82, 2.24) is 20.2 Å². The Balaban J connectivity index is 2.81. The van der Waals surface area contributed by atoms with Gasteiger partial charge in [0.15, 0.2) is 5.03 Å². The van der Waals surface area contributed by atoms with Gasteiger partial charge < -0.3 is 10.1 Å². The number of ether oxygens (including phenoxy) is 1. The minimum absolute atomic E-state index is 0.0700. The van der Waals surface area contributed by atoms with E-state index >= 15 is 0 Å². The fourth-order valence-electron chi connectivity index (χ4n) is 1.77. The van der Waals surface area contributed by atoms with E-state index in [1.165, 1.54) is 0 Å². The lowest BCUT2D eigenvalue weighted by Gasteiger charge is -2.12. The van der Waals surface area contributed by atoms with Crippen molar-refractivity contribution in [2.45, 2.75) is 32.3 Å². The van der Waals surface area contributed by atoms with Crippen LogP contribution in [0.15, 0.2) is 5.03 Å². The molecule has 7 nitrogen and oxygen atoms in total. The van der Waals surface area contributed by atoms with Gasteiger partial charge >= 0.3 is 0 Å². The first-order valence-electron chi connectivity index (χ1n) is 6.65. The first-order chi connectivity index (χ1) is 9.42. The van der Waals surface area contributed by atoms with Gasteiger partial charge in [-0.3, -0.25) is 5.10 Å². The first kappa shape index (κ1) is 17.1. The molecule has 3 N–H and O–H groups in total. The predicted octanol–water partition coefficient (Wildman–Crippen LogP) is 0.388. The largest absolute Gasteiger partial charge is 0.384 e. The van der Waals surface area contributed by atoms with Crippen LogP contribution in [0.25, 0.3) is 0 Å². The zero-order valence-corrected chi connectivity index (χ0v) is 13.3. The Morgan fingerprint density at radius 3 is 2.75 bits per heavy atom. The van der Waals surface area contributed by atoms with Gasteiger partial charge in [-0.05, 0) is 19.4 Å². The smallest absolute Gasteiger partial charge is 0.260 e. The van der Waals surface area contributed by atoms with Crippen LogP contribution in [0.3, 0.4) is 0 Å². The van der Waals surface area contributed by atoms with Gasteiger partial charge in [-0.15, -0.1) is 0 Å². The fourth-order valence-corrected chi connectivity index (χ4v) is 3.13. The van der Waals surface area contributed by atoms with Gasteiger partial charge in [-0.25, -0.2) is 13.1 Å². The second-order valence-corrected chi connectivity index (χ2v) is 6.51. The SMILES string of the molecule is CCNCc1c(S(=O)(=O)NCC(C)COC)n[nH]c1C. The van der Waals surface area contributed by atoms with Crippen molar-refractivity contribution in [3.8, 4) is 0 Å². The zero-order chi connectivity index (χ0) is 15.2. The number of aromatic nitrogens is 2. The number of hydrogen-bond donors (Lipinski definition) is 3. The summed E-state index contributed by atoms with van der Waals surface area (Å²) >= 11 is 0. The molecule has 1 rings (SSSR count). The summed E-state index contributed by atoms with van der Waals surface area (Å²) in [4.78, 5) is 0. The van der Waals surface area contributed by atoms with Crippen LogP contribution in [0, 0.1) is 12.8 Å². The Bertz CT molecular complexity index is 513. The molecule has 1 unspecified atom stereocenters. The first-order valence-corrected chi connectivity index (χ1v) is 8.13. The van der Waals surface area contributed by atoms with E-state index in [9.17, 15) is 8.42 Å². The van der Waals surface area contributed by atoms with Gasteiger partial charge in [0.05, 0.1) is 0 Å². The minimum atomic E-state index is -3.60. The van der Waals surface area contributed by atoms with Crippen LogP contribution in [0.2, 0.25) is 0 Å². The Hall–Kier alpha value is -0.960. The van der Waals surface area contributed by atoms with Crippen molar-refractivity contribution in [3.63, 3.8) is 0 Å². The van der Waals surface area contributed by atoms with Gasteiger partial charge in [0.2, 0.25) is 0 Å². The van der Waals surface area contributed by atoms with Gasteiger partial charge in [-0.2, -0.15) is 5.10 Å². The third-order valence-corrected chi connectivity index (χ3v) is 4.31. The molecule has 0 saturated carbocycles. The third-order valence-electron chi connectivity index (χ3n) is 2.92. The number of methoxy groups -OCH3 is 1. The molecule has 1 atom stereocenters. The number of aryl methyl sites for hydroxylation is 1. The Morgan fingerprint density at radius 2 is 2.15 bits per heavy atom. The third kappa shape index (κ3) is 4.55. The highest BCUT2D eigenvalue weighted by molar-refractivity contribution is 7.89. The monoisotopic (exact) mass is 304 g/mol. The number of nitrogens with one attached hydrogen (secondary N) is 3. The quantitative estimate of drug-likeness (QED) is 0.613. The summed E-state index contributed by atoms with van der Waals surface area (Å²) in [6, 6.07) is 0. The van der Waals surface area contributed by atoms with Crippen molar-refractivity contribution in [1.29, 1.82) is 0 Å². The lowest BCUT2D eigenvalue weighted by Crippen LogP contribution is -2.31. The van der Waals surface area contributed by atoms with Gasteiger partial charge in [0, 0.05) is 38.1 Å². The maximum atomic E-state index is 12.3. The molecule has 0 aliphatic rings. The molecule has 1 heterocycles. The number of rotatable bonds is 9. The lowest BCUT2D eigenvalue weighted by atomic mass is 10.2. The van der Waals surface area contributed by atoms with Crippen LogP contribution in [0.4, 0.5) is 0 Å². The summed E-state index contributed by atoms with van der Waals surface area (Å²) in [6.07, 6.45) is 0. The molecule has 0 aromatic carbocycles. The molecular formula is C12H24N4O3S. The zero-order valence-electron chi connectivity index (χ0n) is 12.5. The van der Waals surface area contributed by atoms with Crippen LogP contribution >= 0.6 is 0 Å². The summed E-state index contributed by atoms with van der Waals surface area (Å²) in [5.74, 6) is 0.104. The molecule has 0 saturated heterocycles. The van der Waals surface area contributed by atoms with Crippen LogP contribution < -0.4 is 10.0 Å². The van der Waals surface area contributed by atoms with E-state index in [0.717, 1.165) is 12.2 Å². The molecule has 0 amide bonds. The van der Waals surface area contributed by atoms with Gasteiger partial charge in [0.25, 0.3) is 10.0 Å². The summed E-state index contributed by atoms with van der Waals surface area (Å²) < 4.78 is 32.1. The molecule has 1 aromatic rings. The molecule has 20 heavy (non-hydrogen) atoms. The van der Waals surface area contributed by atoms with Crippen molar-refractivity contribution >= 4 is 10.0 Å². The second-order valence-electron chi connectivity index (χ2n) is 4.83.